The van der Waals surface area contributed by atoms with E-state index in [1.165, 1.54) is 12.1 Å². The molecule has 0 atom stereocenters. The van der Waals surface area contributed by atoms with Gasteiger partial charge in [-0.3, -0.25) is 14.6 Å². The molecular weight excluding hydrogens is 256 g/mol. The van der Waals surface area contributed by atoms with E-state index < -0.39 is 5.91 Å². The number of benzene rings is 1. The highest BCUT2D eigenvalue weighted by Gasteiger charge is 2.08. The number of hydrogen-bond donors (Lipinski definition) is 2. The molecule has 6 nitrogen and oxygen atoms in total. The number of aromatic amines is 1. The summed E-state index contributed by atoms with van der Waals surface area (Å²) in [6, 6.07) is 12.0. The SMILES string of the molecule is O=C(Nc1cnc2ccccc2c1)c1ccc(=O)[nH]n1. The Kier molecular flexibility index (Phi) is 2.96. The first-order chi connectivity index (χ1) is 9.72. The second-order valence-electron chi connectivity index (χ2n) is 4.18. The van der Waals surface area contributed by atoms with Gasteiger partial charge in [0.05, 0.1) is 17.4 Å². The quantitative estimate of drug-likeness (QED) is 0.737. The van der Waals surface area contributed by atoms with Crippen LogP contribution in [0.15, 0.2) is 53.5 Å². The molecule has 0 aliphatic carbocycles. The number of nitrogens with one attached hydrogen (secondary N) is 2. The van der Waals surface area contributed by atoms with E-state index >= 15 is 0 Å². The predicted molar refractivity (Wildman–Crippen MR) is 74.6 cm³/mol. The number of aromatic nitrogens is 3. The van der Waals surface area contributed by atoms with E-state index in [0.717, 1.165) is 10.9 Å². The molecule has 2 N–H and O–H groups in total. The topological polar surface area (TPSA) is 87.7 Å². The third-order valence-electron chi connectivity index (χ3n) is 2.76. The summed E-state index contributed by atoms with van der Waals surface area (Å²) in [6.45, 7) is 0. The molecule has 3 rings (SSSR count). The van der Waals surface area contributed by atoms with Crippen molar-refractivity contribution in [3.63, 3.8) is 0 Å². The van der Waals surface area contributed by atoms with Gasteiger partial charge in [0.2, 0.25) is 0 Å². The Morgan fingerprint density at radius 3 is 2.80 bits per heavy atom. The zero-order valence-corrected chi connectivity index (χ0v) is 10.3. The summed E-state index contributed by atoms with van der Waals surface area (Å²) < 4.78 is 0. The Morgan fingerprint density at radius 2 is 2.00 bits per heavy atom. The van der Waals surface area contributed by atoms with Crippen molar-refractivity contribution >= 4 is 22.5 Å². The fourth-order valence-electron chi connectivity index (χ4n) is 1.81. The Labute approximate surface area is 113 Å². The van der Waals surface area contributed by atoms with Gasteiger partial charge in [-0.15, -0.1) is 0 Å². The third kappa shape index (κ3) is 2.39. The van der Waals surface area contributed by atoms with Gasteiger partial charge in [-0.05, 0) is 18.2 Å². The summed E-state index contributed by atoms with van der Waals surface area (Å²) >= 11 is 0. The van der Waals surface area contributed by atoms with E-state index in [-0.39, 0.29) is 11.3 Å². The number of nitrogens with zero attached hydrogens (tertiary/aromatic N) is 2. The predicted octanol–water partition coefficient (Wildman–Crippen LogP) is 1.57. The first-order valence-corrected chi connectivity index (χ1v) is 5.94. The first kappa shape index (κ1) is 12.0. The zero-order chi connectivity index (χ0) is 13.9. The van der Waals surface area contributed by atoms with Crippen molar-refractivity contribution < 1.29 is 4.79 Å². The van der Waals surface area contributed by atoms with Crippen molar-refractivity contribution in [2.45, 2.75) is 0 Å². The molecule has 0 aliphatic heterocycles. The molecule has 0 radical (unpaired) electrons. The Hall–Kier alpha value is -3.02. The van der Waals surface area contributed by atoms with Gasteiger partial charge in [-0.2, -0.15) is 5.10 Å². The number of hydrogen-bond acceptors (Lipinski definition) is 4. The molecule has 6 heteroatoms. The van der Waals surface area contributed by atoms with E-state index in [1.807, 2.05) is 30.3 Å². The molecule has 0 fully saturated rings. The average molecular weight is 266 g/mol. The highest BCUT2D eigenvalue weighted by molar-refractivity contribution is 6.03. The second kappa shape index (κ2) is 4.93. The number of amides is 1. The lowest BCUT2D eigenvalue weighted by Crippen LogP contribution is -2.17. The molecule has 1 aromatic carbocycles. The van der Waals surface area contributed by atoms with Crippen LogP contribution in [0.25, 0.3) is 10.9 Å². The third-order valence-corrected chi connectivity index (χ3v) is 2.76. The van der Waals surface area contributed by atoms with Gasteiger partial charge in [0.15, 0.2) is 0 Å². The van der Waals surface area contributed by atoms with Crippen molar-refractivity contribution in [1.82, 2.24) is 15.2 Å². The smallest absolute Gasteiger partial charge is 0.276 e. The van der Waals surface area contributed by atoms with Crippen LogP contribution in [0.2, 0.25) is 0 Å². The minimum absolute atomic E-state index is 0.137. The highest BCUT2D eigenvalue weighted by atomic mass is 16.2. The second-order valence-corrected chi connectivity index (χ2v) is 4.18. The Morgan fingerprint density at radius 1 is 1.15 bits per heavy atom. The molecule has 0 spiro atoms. The van der Waals surface area contributed by atoms with E-state index in [0.29, 0.717) is 5.69 Å². The maximum atomic E-state index is 11.9. The molecule has 0 unspecified atom stereocenters. The number of pyridine rings is 1. The van der Waals surface area contributed by atoms with Gasteiger partial charge in [-0.25, -0.2) is 5.10 Å². The minimum atomic E-state index is -0.404. The molecule has 0 saturated heterocycles. The highest BCUT2D eigenvalue weighted by Crippen LogP contribution is 2.16. The van der Waals surface area contributed by atoms with Crippen molar-refractivity contribution in [2.75, 3.05) is 5.32 Å². The maximum absolute atomic E-state index is 11.9. The van der Waals surface area contributed by atoms with Gasteiger partial charge in [0.25, 0.3) is 11.5 Å². The molecule has 3 aromatic rings. The normalized spacial score (nSPS) is 10.4. The molecule has 2 aromatic heterocycles. The molecule has 98 valence electrons. The summed E-state index contributed by atoms with van der Waals surface area (Å²) in [5.74, 6) is -0.404. The molecule has 0 bridgehead atoms. The number of rotatable bonds is 2. The van der Waals surface area contributed by atoms with Gasteiger partial charge in [0, 0.05) is 11.5 Å². The van der Waals surface area contributed by atoms with Crippen molar-refractivity contribution in [2.24, 2.45) is 0 Å². The summed E-state index contributed by atoms with van der Waals surface area (Å²) in [7, 11) is 0. The minimum Gasteiger partial charge on any atom is -0.319 e. The van der Waals surface area contributed by atoms with Crippen LogP contribution in [-0.2, 0) is 0 Å². The van der Waals surface area contributed by atoms with E-state index in [9.17, 15) is 9.59 Å². The molecule has 0 saturated carbocycles. The largest absolute Gasteiger partial charge is 0.319 e. The lowest BCUT2D eigenvalue weighted by molar-refractivity contribution is 0.102. The molecule has 20 heavy (non-hydrogen) atoms. The average Bonchev–Trinajstić information content (AvgIpc) is 2.48. The Balaban J connectivity index is 1.87. The van der Waals surface area contributed by atoms with Crippen LogP contribution in [0.5, 0.6) is 0 Å². The van der Waals surface area contributed by atoms with Crippen LogP contribution < -0.4 is 10.9 Å². The number of fused-ring (bicyclic) bond motifs is 1. The number of carbonyl (C=O) groups is 1. The van der Waals surface area contributed by atoms with E-state index in [1.54, 1.807) is 6.20 Å². The first-order valence-electron chi connectivity index (χ1n) is 5.94. The van der Waals surface area contributed by atoms with Crippen molar-refractivity contribution in [3.05, 3.63) is 64.7 Å². The van der Waals surface area contributed by atoms with Crippen LogP contribution in [0.3, 0.4) is 0 Å². The summed E-state index contributed by atoms with van der Waals surface area (Å²) in [6.07, 6.45) is 1.58. The van der Waals surface area contributed by atoms with Crippen LogP contribution >= 0.6 is 0 Å². The Bertz CT molecular complexity index is 821. The summed E-state index contributed by atoms with van der Waals surface area (Å²) in [5.41, 5.74) is 1.21. The van der Waals surface area contributed by atoms with Gasteiger partial charge in [-0.1, -0.05) is 18.2 Å². The monoisotopic (exact) mass is 266 g/mol. The molecular formula is C14H10N4O2. The van der Waals surface area contributed by atoms with Crippen molar-refractivity contribution in [1.29, 1.82) is 0 Å². The number of para-hydroxylation sites is 1. The van der Waals surface area contributed by atoms with Gasteiger partial charge in [0.1, 0.15) is 5.69 Å². The molecule has 0 aliphatic rings. The zero-order valence-electron chi connectivity index (χ0n) is 10.3. The number of anilines is 1. The van der Waals surface area contributed by atoms with Gasteiger partial charge < -0.3 is 5.32 Å². The maximum Gasteiger partial charge on any atom is 0.276 e. The lowest BCUT2D eigenvalue weighted by atomic mass is 10.2. The van der Waals surface area contributed by atoms with E-state index in [2.05, 4.69) is 20.5 Å². The standard InChI is InChI=1S/C14H10N4O2/c19-13-6-5-12(17-18-13)14(20)16-10-7-9-3-1-2-4-11(9)15-8-10/h1-8H,(H,16,20)(H,18,19). The van der Waals surface area contributed by atoms with Crippen molar-refractivity contribution in [3.8, 4) is 0 Å². The lowest BCUT2D eigenvalue weighted by Gasteiger charge is -2.05. The molecule has 2 heterocycles. The molecule has 1 amide bonds. The summed E-state index contributed by atoms with van der Waals surface area (Å²) in [5, 5.41) is 9.50. The van der Waals surface area contributed by atoms with Crippen LogP contribution in [-0.4, -0.2) is 21.1 Å². The number of H-pyrrole nitrogens is 1. The van der Waals surface area contributed by atoms with Gasteiger partial charge >= 0.3 is 0 Å². The fraction of sp³-hybridized carbons (Fsp3) is 0. The van der Waals surface area contributed by atoms with Crippen LogP contribution in [0.1, 0.15) is 10.5 Å². The number of carbonyl (C=O) groups excluding carboxylic acids is 1. The fourth-order valence-corrected chi connectivity index (χ4v) is 1.81. The van der Waals surface area contributed by atoms with Crippen LogP contribution in [0, 0.1) is 0 Å². The van der Waals surface area contributed by atoms with E-state index in [4.69, 9.17) is 0 Å². The van der Waals surface area contributed by atoms with Crippen LogP contribution in [0.4, 0.5) is 5.69 Å². The summed E-state index contributed by atoms with van der Waals surface area (Å²) in [4.78, 5) is 27.1.